The van der Waals surface area contributed by atoms with Crippen LogP contribution in [0.3, 0.4) is 0 Å². The number of rotatable bonds is 2. The van der Waals surface area contributed by atoms with Crippen LogP contribution in [0.15, 0.2) is 51.8 Å². The van der Waals surface area contributed by atoms with Gasteiger partial charge in [-0.15, -0.1) is 0 Å². The SMILES string of the molecule is CN1C=CC=CC(Nc2cnn(C)c(=O)c2Br)=C1. The number of halogens is 1. The lowest BCUT2D eigenvalue weighted by Crippen LogP contribution is -2.21. The molecule has 0 aliphatic carbocycles. The molecule has 0 saturated heterocycles. The van der Waals surface area contributed by atoms with Crippen molar-refractivity contribution >= 4 is 21.6 Å². The van der Waals surface area contributed by atoms with Crippen molar-refractivity contribution in [1.29, 1.82) is 0 Å². The van der Waals surface area contributed by atoms with Crippen LogP contribution in [-0.2, 0) is 7.05 Å². The minimum absolute atomic E-state index is 0.176. The minimum atomic E-state index is -0.176. The molecule has 2 heterocycles. The highest BCUT2D eigenvalue weighted by molar-refractivity contribution is 9.10. The third-order valence-corrected chi connectivity index (χ3v) is 3.17. The Balaban J connectivity index is 2.30. The first-order valence-electron chi connectivity index (χ1n) is 5.35. The van der Waals surface area contributed by atoms with Crippen LogP contribution in [0, 0.1) is 0 Å². The topological polar surface area (TPSA) is 50.2 Å². The standard InChI is InChI=1S/C12H13BrN4O/c1-16-6-4-3-5-9(8-16)15-10-7-14-17(2)12(18)11(10)13/h3-8,15H,1-2H3. The summed E-state index contributed by atoms with van der Waals surface area (Å²) in [7, 11) is 3.54. The molecule has 1 aromatic rings. The monoisotopic (exact) mass is 308 g/mol. The Kier molecular flexibility index (Phi) is 3.66. The molecule has 0 amide bonds. The van der Waals surface area contributed by atoms with Gasteiger partial charge in [-0.1, -0.05) is 6.08 Å². The number of hydrogen-bond acceptors (Lipinski definition) is 4. The lowest BCUT2D eigenvalue weighted by Gasteiger charge is -2.12. The first kappa shape index (κ1) is 12.6. The second kappa shape index (κ2) is 5.22. The van der Waals surface area contributed by atoms with Crippen molar-refractivity contribution in [3.63, 3.8) is 0 Å². The molecule has 1 N–H and O–H groups in total. The molecule has 0 unspecified atom stereocenters. The van der Waals surface area contributed by atoms with Crippen LogP contribution in [0.5, 0.6) is 0 Å². The van der Waals surface area contributed by atoms with Crippen LogP contribution in [-0.4, -0.2) is 21.7 Å². The normalized spacial score (nSPS) is 14.4. The van der Waals surface area contributed by atoms with E-state index in [9.17, 15) is 4.79 Å². The Morgan fingerprint density at radius 3 is 2.89 bits per heavy atom. The number of nitrogens with one attached hydrogen (secondary N) is 1. The maximum Gasteiger partial charge on any atom is 0.282 e. The van der Waals surface area contributed by atoms with E-state index in [1.165, 1.54) is 4.68 Å². The Hall–Kier alpha value is -1.82. The minimum Gasteiger partial charge on any atom is -0.355 e. The van der Waals surface area contributed by atoms with Gasteiger partial charge in [-0.25, -0.2) is 4.68 Å². The molecular formula is C12H13BrN4O. The molecule has 1 aliphatic heterocycles. The maximum absolute atomic E-state index is 11.7. The van der Waals surface area contributed by atoms with Crippen LogP contribution in [0.2, 0.25) is 0 Å². The zero-order valence-electron chi connectivity index (χ0n) is 10.1. The summed E-state index contributed by atoms with van der Waals surface area (Å²) in [5, 5.41) is 7.14. The molecule has 6 heteroatoms. The Labute approximate surface area is 113 Å². The predicted molar refractivity (Wildman–Crippen MR) is 74.9 cm³/mol. The van der Waals surface area contributed by atoms with Crippen LogP contribution in [0.1, 0.15) is 0 Å². The highest BCUT2D eigenvalue weighted by Crippen LogP contribution is 2.19. The fraction of sp³-hybridized carbons (Fsp3) is 0.167. The Morgan fingerprint density at radius 1 is 1.33 bits per heavy atom. The van der Waals surface area contributed by atoms with E-state index < -0.39 is 0 Å². The third-order valence-electron chi connectivity index (χ3n) is 2.41. The molecule has 0 fully saturated rings. The number of allylic oxidation sites excluding steroid dienone is 3. The van der Waals surface area contributed by atoms with E-state index in [2.05, 4.69) is 26.3 Å². The van der Waals surface area contributed by atoms with Gasteiger partial charge in [-0.2, -0.15) is 5.10 Å². The van der Waals surface area contributed by atoms with E-state index >= 15 is 0 Å². The van der Waals surface area contributed by atoms with Crippen LogP contribution in [0.25, 0.3) is 0 Å². The van der Waals surface area contributed by atoms with E-state index in [1.807, 2.05) is 42.6 Å². The Morgan fingerprint density at radius 2 is 2.11 bits per heavy atom. The van der Waals surface area contributed by atoms with Gasteiger partial charge in [-0.3, -0.25) is 4.79 Å². The molecule has 0 atom stereocenters. The lowest BCUT2D eigenvalue weighted by molar-refractivity contribution is 0.623. The molecule has 18 heavy (non-hydrogen) atoms. The van der Waals surface area contributed by atoms with Gasteiger partial charge in [0.1, 0.15) is 4.47 Å². The largest absolute Gasteiger partial charge is 0.355 e. The number of hydrogen-bond donors (Lipinski definition) is 1. The average molecular weight is 309 g/mol. The van der Waals surface area contributed by atoms with Gasteiger partial charge < -0.3 is 10.2 Å². The van der Waals surface area contributed by atoms with Gasteiger partial charge in [0, 0.05) is 26.5 Å². The fourth-order valence-electron chi connectivity index (χ4n) is 1.48. The number of nitrogens with zero attached hydrogens (tertiary/aromatic N) is 3. The number of anilines is 1. The van der Waals surface area contributed by atoms with Crippen LogP contribution in [0.4, 0.5) is 5.69 Å². The summed E-state index contributed by atoms with van der Waals surface area (Å²) in [5.74, 6) is 0. The molecule has 1 aromatic heterocycles. The zero-order chi connectivity index (χ0) is 13.1. The summed E-state index contributed by atoms with van der Waals surface area (Å²) >= 11 is 3.28. The summed E-state index contributed by atoms with van der Waals surface area (Å²) in [4.78, 5) is 13.6. The van der Waals surface area contributed by atoms with Crippen LogP contribution < -0.4 is 10.9 Å². The van der Waals surface area contributed by atoms with Gasteiger partial charge in [0.05, 0.1) is 17.6 Å². The predicted octanol–water partition coefficient (Wildman–Crippen LogP) is 1.81. The van der Waals surface area contributed by atoms with Gasteiger partial charge in [-0.05, 0) is 28.1 Å². The summed E-state index contributed by atoms with van der Waals surface area (Å²) in [6.45, 7) is 0. The lowest BCUT2D eigenvalue weighted by atomic mass is 10.3. The summed E-state index contributed by atoms with van der Waals surface area (Å²) in [6, 6.07) is 0. The van der Waals surface area contributed by atoms with Crippen molar-refractivity contribution in [3.05, 3.63) is 57.3 Å². The highest BCUT2D eigenvalue weighted by Gasteiger charge is 2.07. The highest BCUT2D eigenvalue weighted by atomic mass is 79.9. The molecule has 0 bridgehead atoms. The molecule has 94 valence electrons. The summed E-state index contributed by atoms with van der Waals surface area (Å²) in [6.07, 6.45) is 11.2. The van der Waals surface area contributed by atoms with Crippen molar-refractivity contribution in [2.75, 3.05) is 12.4 Å². The third kappa shape index (κ3) is 2.70. The fourth-order valence-corrected chi connectivity index (χ4v) is 1.94. The summed E-state index contributed by atoms with van der Waals surface area (Å²) in [5.41, 5.74) is 1.34. The molecule has 1 aliphatic rings. The van der Waals surface area contributed by atoms with Crippen molar-refractivity contribution < 1.29 is 0 Å². The van der Waals surface area contributed by atoms with E-state index in [0.717, 1.165) is 5.70 Å². The zero-order valence-corrected chi connectivity index (χ0v) is 11.7. The van der Waals surface area contributed by atoms with Crippen molar-refractivity contribution in [3.8, 4) is 0 Å². The van der Waals surface area contributed by atoms with E-state index in [0.29, 0.717) is 10.2 Å². The van der Waals surface area contributed by atoms with Crippen LogP contribution >= 0.6 is 15.9 Å². The summed E-state index contributed by atoms with van der Waals surface area (Å²) < 4.78 is 1.74. The quantitative estimate of drug-likeness (QED) is 0.905. The van der Waals surface area contributed by atoms with E-state index in [1.54, 1.807) is 13.2 Å². The Bertz CT molecular complexity index is 601. The smallest absolute Gasteiger partial charge is 0.282 e. The molecule has 5 nitrogen and oxygen atoms in total. The van der Waals surface area contributed by atoms with E-state index in [4.69, 9.17) is 0 Å². The molecule has 0 aromatic carbocycles. The number of aryl methyl sites for hydroxylation is 1. The average Bonchev–Trinajstić information content (AvgIpc) is 2.54. The molecule has 0 radical (unpaired) electrons. The van der Waals surface area contributed by atoms with Gasteiger partial charge in [0.15, 0.2) is 0 Å². The number of aromatic nitrogens is 2. The van der Waals surface area contributed by atoms with Gasteiger partial charge >= 0.3 is 0 Å². The van der Waals surface area contributed by atoms with E-state index in [-0.39, 0.29) is 5.56 Å². The maximum atomic E-state index is 11.7. The second-order valence-corrected chi connectivity index (χ2v) is 4.67. The van der Waals surface area contributed by atoms with Crippen molar-refractivity contribution in [2.24, 2.45) is 7.05 Å². The molecule has 0 saturated carbocycles. The molecule has 0 spiro atoms. The first-order valence-corrected chi connectivity index (χ1v) is 6.14. The molecule has 2 rings (SSSR count). The van der Waals surface area contributed by atoms with Gasteiger partial charge in [0.2, 0.25) is 0 Å². The van der Waals surface area contributed by atoms with Crippen molar-refractivity contribution in [2.45, 2.75) is 0 Å². The first-order chi connectivity index (χ1) is 8.58. The molecular weight excluding hydrogens is 296 g/mol. The van der Waals surface area contributed by atoms with Gasteiger partial charge in [0.25, 0.3) is 5.56 Å². The van der Waals surface area contributed by atoms with Crippen molar-refractivity contribution in [1.82, 2.24) is 14.7 Å². The second-order valence-electron chi connectivity index (χ2n) is 3.88.